The second kappa shape index (κ2) is 4.88. The van der Waals surface area contributed by atoms with E-state index in [2.05, 4.69) is 10.1 Å². The van der Waals surface area contributed by atoms with E-state index < -0.39 is 12.1 Å². The van der Waals surface area contributed by atoms with Crippen molar-refractivity contribution in [3.05, 3.63) is 11.7 Å². The number of nitrogens with zero attached hydrogens (tertiary/aromatic N) is 2. The molecule has 0 spiro atoms. The smallest absolute Gasteiger partial charge is 0.332 e. The van der Waals surface area contributed by atoms with E-state index in [1.54, 1.807) is 0 Å². The first-order chi connectivity index (χ1) is 7.00. The van der Waals surface area contributed by atoms with Gasteiger partial charge in [0.2, 0.25) is 0 Å². The minimum atomic E-state index is -1.02. The van der Waals surface area contributed by atoms with Crippen LogP contribution in [0.1, 0.15) is 38.4 Å². The molecular weight excluding hydrogens is 200 g/mol. The average Bonchev–Trinajstić information content (AvgIpc) is 2.62. The van der Waals surface area contributed by atoms with Gasteiger partial charge < -0.3 is 14.4 Å². The van der Waals surface area contributed by atoms with Gasteiger partial charge in [0.25, 0.3) is 5.89 Å². The van der Waals surface area contributed by atoms with Gasteiger partial charge in [-0.05, 0) is 6.92 Å². The van der Waals surface area contributed by atoms with Crippen LogP contribution in [0.25, 0.3) is 0 Å². The predicted octanol–water partition coefficient (Wildman–Crippen LogP) is 1.18. The molecule has 0 saturated heterocycles. The minimum absolute atomic E-state index is 0.0210. The third kappa shape index (κ3) is 3.32. The Morgan fingerprint density at radius 1 is 1.53 bits per heavy atom. The van der Waals surface area contributed by atoms with E-state index in [-0.39, 0.29) is 12.5 Å². The summed E-state index contributed by atoms with van der Waals surface area (Å²) in [6.45, 7) is 5.35. The molecule has 6 nitrogen and oxygen atoms in total. The molecule has 6 heteroatoms. The molecule has 0 aromatic carbocycles. The van der Waals surface area contributed by atoms with Gasteiger partial charge in [-0.15, -0.1) is 0 Å². The van der Waals surface area contributed by atoms with Gasteiger partial charge in [-0.25, -0.2) is 4.79 Å². The van der Waals surface area contributed by atoms with Crippen molar-refractivity contribution in [1.82, 2.24) is 10.1 Å². The van der Waals surface area contributed by atoms with Gasteiger partial charge in [-0.1, -0.05) is 19.0 Å². The number of carboxylic acids is 1. The van der Waals surface area contributed by atoms with Gasteiger partial charge in [-0.3, -0.25) is 0 Å². The van der Waals surface area contributed by atoms with E-state index in [1.807, 2.05) is 13.8 Å². The van der Waals surface area contributed by atoms with Gasteiger partial charge in [0.1, 0.15) is 6.61 Å². The molecule has 0 aliphatic heterocycles. The van der Waals surface area contributed by atoms with Crippen molar-refractivity contribution in [1.29, 1.82) is 0 Å². The van der Waals surface area contributed by atoms with Gasteiger partial charge >= 0.3 is 5.97 Å². The van der Waals surface area contributed by atoms with Gasteiger partial charge in [0.15, 0.2) is 11.9 Å². The summed E-state index contributed by atoms with van der Waals surface area (Å²) < 4.78 is 9.86. The number of hydrogen-bond acceptors (Lipinski definition) is 5. The molecule has 1 aromatic heterocycles. The number of carbonyl (C=O) groups is 1. The van der Waals surface area contributed by atoms with E-state index in [9.17, 15) is 4.79 Å². The highest BCUT2D eigenvalue weighted by Crippen LogP contribution is 2.10. The van der Waals surface area contributed by atoms with Crippen LogP contribution in [0.15, 0.2) is 4.52 Å². The number of aromatic nitrogens is 2. The standard InChI is InChI=1S/C9H14N2O4/c1-5(2)8-10-7(15-11-8)4-14-6(3)9(12)13/h5-6H,4H2,1-3H3,(H,12,13)/t6-/m1/s1. The van der Waals surface area contributed by atoms with Crippen molar-refractivity contribution >= 4 is 5.97 Å². The Morgan fingerprint density at radius 3 is 2.67 bits per heavy atom. The normalized spacial score (nSPS) is 13.1. The fourth-order valence-corrected chi connectivity index (χ4v) is 0.829. The third-order valence-corrected chi connectivity index (χ3v) is 1.80. The van der Waals surface area contributed by atoms with Crippen molar-refractivity contribution < 1.29 is 19.2 Å². The van der Waals surface area contributed by atoms with E-state index in [1.165, 1.54) is 6.92 Å². The monoisotopic (exact) mass is 214 g/mol. The molecule has 1 aromatic rings. The molecule has 1 rings (SSSR count). The van der Waals surface area contributed by atoms with Gasteiger partial charge in [0, 0.05) is 5.92 Å². The van der Waals surface area contributed by atoms with E-state index in [0.717, 1.165) is 0 Å². The zero-order chi connectivity index (χ0) is 11.4. The molecule has 0 amide bonds. The number of hydrogen-bond donors (Lipinski definition) is 1. The maximum absolute atomic E-state index is 10.4. The second-order valence-corrected chi connectivity index (χ2v) is 3.49. The summed E-state index contributed by atoms with van der Waals surface area (Å²) in [6, 6.07) is 0. The van der Waals surface area contributed by atoms with Crippen LogP contribution >= 0.6 is 0 Å². The van der Waals surface area contributed by atoms with E-state index in [4.69, 9.17) is 14.4 Å². The molecule has 0 saturated carbocycles. The summed E-state index contributed by atoms with van der Waals surface area (Å²) in [5.41, 5.74) is 0. The quantitative estimate of drug-likeness (QED) is 0.792. The number of carboxylic acid groups (broad SMARTS) is 1. The highest BCUT2D eigenvalue weighted by Gasteiger charge is 2.14. The molecule has 84 valence electrons. The molecule has 1 N–H and O–H groups in total. The maximum Gasteiger partial charge on any atom is 0.332 e. The Kier molecular flexibility index (Phi) is 3.79. The molecule has 1 atom stereocenters. The SMILES string of the molecule is CC(C)c1noc(CO[C@H](C)C(=O)O)n1. The highest BCUT2D eigenvalue weighted by molar-refractivity contribution is 5.71. The topological polar surface area (TPSA) is 85.5 Å². The largest absolute Gasteiger partial charge is 0.479 e. The first-order valence-corrected chi connectivity index (χ1v) is 4.67. The lowest BCUT2D eigenvalue weighted by molar-refractivity contribution is -0.150. The summed E-state index contributed by atoms with van der Waals surface area (Å²) in [6.07, 6.45) is -0.876. The molecule has 0 bridgehead atoms. The molecule has 0 aliphatic rings. The fraction of sp³-hybridized carbons (Fsp3) is 0.667. The molecule has 15 heavy (non-hydrogen) atoms. The molecular formula is C9H14N2O4. The predicted molar refractivity (Wildman–Crippen MR) is 50.3 cm³/mol. The first-order valence-electron chi connectivity index (χ1n) is 4.67. The fourth-order valence-electron chi connectivity index (χ4n) is 0.829. The Hall–Kier alpha value is -1.43. The van der Waals surface area contributed by atoms with Gasteiger partial charge in [-0.2, -0.15) is 4.98 Å². The zero-order valence-corrected chi connectivity index (χ0v) is 8.93. The number of aliphatic carboxylic acids is 1. The van der Waals surface area contributed by atoms with Crippen LogP contribution in [0, 0.1) is 0 Å². The summed E-state index contributed by atoms with van der Waals surface area (Å²) in [5.74, 6) is 0.0568. The molecule has 0 unspecified atom stereocenters. The Morgan fingerprint density at radius 2 is 2.20 bits per heavy atom. The molecule has 0 fully saturated rings. The van der Waals surface area contributed by atoms with Crippen LogP contribution in [0.3, 0.4) is 0 Å². The number of rotatable bonds is 5. The van der Waals surface area contributed by atoms with Crippen molar-refractivity contribution in [2.75, 3.05) is 0 Å². The lowest BCUT2D eigenvalue weighted by Crippen LogP contribution is -2.19. The van der Waals surface area contributed by atoms with Crippen molar-refractivity contribution in [2.45, 2.75) is 39.4 Å². The van der Waals surface area contributed by atoms with E-state index in [0.29, 0.717) is 11.7 Å². The Bertz CT molecular complexity index is 335. The molecule has 0 aliphatic carbocycles. The average molecular weight is 214 g/mol. The Balaban J connectivity index is 2.47. The van der Waals surface area contributed by atoms with Crippen molar-refractivity contribution in [3.8, 4) is 0 Å². The molecule has 0 radical (unpaired) electrons. The van der Waals surface area contributed by atoms with Gasteiger partial charge in [0.05, 0.1) is 0 Å². The first kappa shape index (κ1) is 11.6. The van der Waals surface area contributed by atoms with Crippen molar-refractivity contribution in [2.24, 2.45) is 0 Å². The maximum atomic E-state index is 10.4. The summed E-state index contributed by atoms with van der Waals surface area (Å²) in [4.78, 5) is 14.5. The third-order valence-electron chi connectivity index (χ3n) is 1.80. The number of ether oxygens (including phenoxy) is 1. The second-order valence-electron chi connectivity index (χ2n) is 3.49. The van der Waals surface area contributed by atoms with Crippen molar-refractivity contribution in [3.63, 3.8) is 0 Å². The molecule has 1 heterocycles. The van der Waals surface area contributed by atoms with Crippen LogP contribution in [0.5, 0.6) is 0 Å². The van der Waals surface area contributed by atoms with Crippen LogP contribution < -0.4 is 0 Å². The minimum Gasteiger partial charge on any atom is -0.479 e. The summed E-state index contributed by atoms with van der Waals surface area (Å²) >= 11 is 0. The van der Waals surface area contributed by atoms with Crippen LogP contribution in [0.4, 0.5) is 0 Å². The summed E-state index contributed by atoms with van der Waals surface area (Å²) in [5, 5.41) is 12.3. The van der Waals surface area contributed by atoms with Crippen LogP contribution in [0.2, 0.25) is 0 Å². The van der Waals surface area contributed by atoms with Crippen LogP contribution in [-0.2, 0) is 16.1 Å². The van der Waals surface area contributed by atoms with Crippen LogP contribution in [-0.4, -0.2) is 27.3 Å². The Labute approximate surface area is 87.2 Å². The summed E-state index contributed by atoms with van der Waals surface area (Å²) in [7, 11) is 0. The zero-order valence-electron chi connectivity index (χ0n) is 8.93. The van der Waals surface area contributed by atoms with E-state index >= 15 is 0 Å². The lowest BCUT2D eigenvalue weighted by Gasteiger charge is -2.04. The lowest BCUT2D eigenvalue weighted by atomic mass is 10.2. The highest BCUT2D eigenvalue weighted by atomic mass is 16.5.